The van der Waals surface area contributed by atoms with Gasteiger partial charge in [0.25, 0.3) is 16.8 Å². The quantitative estimate of drug-likeness (QED) is 0.317. The van der Waals surface area contributed by atoms with Gasteiger partial charge in [0.15, 0.2) is 0 Å². The predicted octanol–water partition coefficient (Wildman–Crippen LogP) is 4.96. The van der Waals surface area contributed by atoms with Gasteiger partial charge in [-0.15, -0.1) is 0 Å². The van der Waals surface area contributed by atoms with E-state index < -0.39 is 40.1 Å². The smallest absolute Gasteiger partial charge is 0.360 e. The second-order valence-corrected chi connectivity index (χ2v) is 9.44. The lowest BCUT2D eigenvalue weighted by molar-refractivity contribution is -0.137. The summed E-state index contributed by atoms with van der Waals surface area (Å²) in [6.07, 6.45) is -3.77. The monoisotopic (exact) mass is 514 g/mol. The highest BCUT2D eigenvalue weighted by Gasteiger charge is 2.33. The zero-order valence-electron chi connectivity index (χ0n) is 18.1. The summed E-state index contributed by atoms with van der Waals surface area (Å²) in [5.41, 5.74) is -3.84. The van der Waals surface area contributed by atoms with Crippen LogP contribution in [0.1, 0.15) is 36.7 Å². The number of nitrogens with zero attached hydrogens (tertiary/aromatic N) is 1. The number of hydrogen-bond acceptors (Lipinski definition) is 6. The largest absolute Gasteiger partial charge is 0.417 e. The van der Waals surface area contributed by atoms with Crippen LogP contribution in [0.4, 0.5) is 30.2 Å². The van der Waals surface area contributed by atoms with E-state index in [2.05, 4.69) is 20.9 Å². The number of halogens is 5. The van der Waals surface area contributed by atoms with Gasteiger partial charge >= 0.3 is 6.18 Å². The van der Waals surface area contributed by atoms with Crippen LogP contribution in [0.5, 0.6) is 0 Å². The molecule has 2 aromatic carbocycles. The number of benzene rings is 1. The average Bonchev–Trinajstić information content (AvgIpc) is 2.73. The molecule has 1 unspecified atom stereocenters. The maximum absolute atomic E-state index is 13.0. The van der Waals surface area contributed by atoms with Crippen molar-refractivity contribution in [1.29, 1.82) is 0 Å². The lowest BCUT2D eigenvalue weighted by Crippen LogP contribution is -2.51. The fourth-order valence-electron chi connectivity index (χ4n) is 2.97. The molecule has 0 aliphatic heterocycles. The van der Waals surface area contributed by atoms with Crippen LogP contribution in [0.15, 0.2) is 46.2 Å². The second-order valence-electron chi connectivity index (χ2n) is 8.57. The summed E-state index contributed by atoms with van der Waals surface area (Å²) in [4.78, 5) is 40.7. The molecule has 1 aromatic heterocycles. The van der Waals surface area contributed by atoms with Gasteiger partial charge in [0.1, 0.15) is 17.5 Å². The Balaban J connectivity index is 1.87. The molecule has 3 rings (SSSR count). The molecule has 0 aliphatic rings. The van der Waals surface area contributed by atoms with Crippen LogP contribution >= 0.6 is 23.2 Å². The lowest BCUT2D eigenvalue weighted by Gasteiger charge is -2.33. The number of hydrogen-bond donors (Lipinski definition) is 3. The van der Waals surface area contributed by atoms with Crippen LogP contribution in [0.25, 0.3) is 0 Å². The van der Waals surface area contributed by atoms with Gasteiger partial charge in [-0.05, 0) is 24.3 Å². The van der Waals surface area contributed by atoms with Gasteiger partial charge in [-0.3, -0.25) is 19.4 Å². The van der Waals surface area contributed by atoms with Crippen LogP contribution in [0.3, 0.4) is 0 Å². The number of rotatable bonds is 6. The third kappa shape index (κ3) is 5.68. The molecule has 180 valence electrons. The molecule has 0 fully saturated rings. The van der Waals surface area contributed by atoms with Crippen molar-refractivity contribution < 1.29 is 18.0 Å². The van der Waals surface area contributed by atoms with Gasteiger partial charge in [-0.1, -0.05) is 44.0 Å². The predicted molar refractivity (Wildman–Crippen MR) is 125 cm³/mol. The van der Waals surface area contributed by atoms with Crippen LogP contribution in [-0.4, -0.2) is 17.1 Å². The molecule has 0 radical (unpaired) electrons. The van der Waals surface area contributed by atoms with Gasteiger partial charge in [0, 0.05) is 27.2 Å². The minimum absolute atomic E-state index is 0.130. The van der Waals surface area contributed by atoms with E-state index in [-0.39, 0.29) is 32.7 Å². The first-order valence-corrected chi connectivity index (χ1v) is 10.6. The summed E-state index contributed by atoms with van der Waals surface area (Å²) >= 11 is 11.9. The molecular formula is C22H19Cl2F3N4O3. The number of nitrogens with one attached hydrogen (secondary N) is 3. The standard InChI is InChI=1S/C22H19Cl2F3N4O3/c1-21(2,3)20(31-19(34)10-4-12(23)7-13(24)5-10)30-16-15(17(32)18(16)33)29-14-6-11(8-28-9-14)22(25,26)27/h4-9,20,29-30H,1-3H3,(H,31,34). The maximum atomic E-state index is 13.0. The van der Waals surface area contributed by atoms with Crippen molar-refractivity contribution >= 4 is 46.2 Å². The highest BCUT2D eigenvalue weighted by molar-refractivity contribution is 6.35. The molecule has 0 saturated heterocycles. The first-order chi connectivity index (χ1) is 15.7. The van der Waals surface area contributed by atoms with Crippen LogP contribution in [0.2, 0.25) is 10.0 Å². The molecular weight excluding hydrogens is 496 g/mol. The third-order valence-corrected chi connectivity index (χ3v) is 5.24. The van der Waals surface area contributed by atoms with E-state index in [0.717, 1.165) is 12.3 Å². The minimum atomic E-state index is -4.63. The highest BCUT2D eigenvalue weighted by Crippen LogP contribution is 2.32. The van der Waals surface area contributed by atoms with E-state index in [1.807, 2.05) is 0 Å². The van der Waals surface area contributed by atoms with E-state index in [9.17, 15) is 27.6 Å². The molecule has 12 heteroatoms. The fraction of sp³-hybridized carbons (Fsp3) is 0.273. The topological polar surface area (TPSA) is 100 Å². The molecule has 0 saturated carbocycles. The van der Waals surface area contributed by atoms with Crippen LogP contribution < -0.4 is 26.8 Å². The minimum Gasteiger partial charge on any atom is -0.360 e. The van der Waals surface area contributed by atoms with E-state index in [1.165, 1.54) is 18.2 Å². The normalized spacial score (nSPS) is 12.9. The fourth-order valence-corrected chi connectivity index (χ4v) is 3.50. The Morgan fingerprint density at radius 1 is 0.941 bits per heavy atom. The van der Waals surface area contributed by atoms with Gasteiger partial charge < -0.3 is 16.0 Å². The first kappa shape index (κ1) is 25.5. The molecule has 0 spiro atoms. The molecule has 1 amide bonds. The molecule has 1 heterocycles. The number of aromatic nitrogens is 1. The Bertz CT molecular complexity index is 1290. The van der Waals surface area contributed by atoms with Crippen molar-refractivity contribution in [3.8, 4) is 0 Å². The molecule has 34 heavy (non-hydrogen) atoms. The summed E-state index contributed by atoms with van der Waals surface area (Å²) < 4.78 is 38.9. The number of alkyl halides is 3. The Labute approximate surface area is 202 Å². The molecule has 0 aliphatic carbocycles. The summed E-state index contributed by atoms with van der Waals surface area (Å²) in [5, 5.41) is 8.56. The third-order valence-electron chi connectivity index (χ3n) is 4.80. The Kier molecular flexibility index (Phi) is 6.95. The second kappa shape index (κ2) is 9.27. The van der Waals surface area contributed by atoms with Crippen molar-refractivity contribution in [2.75, 3.05) is 10.6 Å². The van der Waals surface area contributed by atoms with E-state index in [0.29, 0.717) is 6.20 Å². The summed E-state index contributed by atoms with van der Waals surface area (Å²) in [5.74, 6) is -0.549. The van der Waals surface area contributed by atoms with E-state index in [1.54, 1.807) is 20.8 Å². The summed E-state index contributed by atoms with van der Waals surface area (Å²) in [6.45, 7) is 5.31. The summed E-state index contributed by atoms with van der Waals surface area (Å²) in [7, 11) is 0. The lowest BCUT2D eigenvalue weighted by atomic mass is 9.91. The zero-order valence-corrected chi connectivity index (χ0v) is 19.6. The zero-order chi connectivity index (χ0) is 25.4. The van der Waals surface area contributed by atoms with Crippen LogP contribution in [-0.2, 0) is 6.18 Å². The van der Waals surface area contributed by atoms with Crippen molar-refractivity contribution in [2.45, 2.75) is 33.1 Å². The van der Waals surface area contributed by atoms with E-state index >= 15 is 0 Å². The average molecular weight is 515 g/mol. The van der Waals surface area contributed by atoms with Gasteiger partial charge in [-0.25, -0.2) is 0 Å². The number of anilines is 3. The number of carbonyl (C=O) groups excluding carboxylic acids is 1. The number of carbonyl (C=O) groups is 1. The SMILES string of the molecule is CC(C)(C)C(NC(=O)c1cc(Cl)cc(Cl)c1)Nc1c(Nc2cncc(C(F)(F)F)c2)c(=O)c1=O. The van der Waals surface area contributed by atoms with Crippen molar-refractivity contribution in [2.24, 2.45) is 5.41 Å². The van der Waals surface area contributed by atoms with Crippen LogP contribution in [0, 0.1) is 5.41 Å². The molecule has 0 bridgehead atoms. The van der Waals surface area contributed by atoms with Gasteiger partial charge in [-0.2, -0.15) is 13.2 Å². The Hall–Kier alpha value is -3.11. The molecule has 3 aromatic rings. The highest BCUT2D eigenvalue weighted by atomic mass is 35.5. The molecule has 7 nitrogen and oxygen atoms in total. The Morgan fingerprint density at radius 2 is 1.53 bits per heavy atom. The number of amides is 1. The van der Waals surface area contributed by atoms with Crippen molar-refractivity contribution in [3.63, 3.8) is 0 Å². The summed E-state index contributed by atoms with van der Waals surface area (Å²) in [6, 6.07) is 5.05. The Morgan fingerprint density at radius 3 is 2.09 bits per heavy atom. The first-order valence-electron chi connectivity index (χ1n) is 9.83. The van der Waals surface area contributed by atoms with Gasteiger partial charge in [0.05, 0.1) is 17.4 Å². The molecule has 1 atom stereocenters. The molecule has 3 N–H and O–H groups in total. The van der Waals surface area contributed by atoms with Crippen molar-refractivity contribution in [3.05, 3.63) is 78.3 Å². The number of pyridine rings is 1. The van der Waals surface area contributed by atoms with E-state index in [4.69, 9.17) is 23.2 Å². The van der Waals surface area contributed by atoms with Gasteiger partial charge in [0.2, 0.25) is 0 Å². The van der Waals surface area contributed by atoms with Crippen molar-refractivity contribution in [1.82, 2.24) is 10.3 Å². The maximum Gasteiger partial charge on any atom is 0.417 e.